The summed E-state index contributed by atoms with van der Waals surface area (Å²) < 4.78 is 31.3. The van der Waals surface area contributed by atoms with Crippen molar-refractivity contribution in [2.24, 2.45) is 0 Å². The van der Waals surface area contributed by atoms with Gasteiger partial charge in [-0.3, -0.25) is 4.79 Å². The first kappa shape index (κ1) is 17.5. The number of benzene rings is 1. The highest BCUT2D eigenvalue weighted by Crippen LogP contribution is 2.30. The van der Waals surface area contributed by atoms with Gasteiger partial charge in [0.25, 0.3) is 5.91 Å². The zero-order chi connectivity index (χ0) is 17.8. The maximum atomic E-state index is 13.4. The number of thiazole rings is 1. The molecule has 3 aromatic rings. The van der Waals surface area contributed by atoms with Crippen molar-refractivity contribution in [2.75, 3.05) is 6.61 Å². The van der Waals surface area contributed by atoms with Gasteiger partial charge in [0, 0.05) is 10.9 Å². The average molecular weight is 380 g/mol. The fourth-order valence-electron chi connectivity index (χ4n) is 2.06. The van der Waals surface area contributed by atoms with Crippen LogP contribution in [-0.2, 0) is 11.3 Å². The third kappa shape index (κ3) is 4.40. The molecule has 0 bridgehead atoms. The summed E-state index contributed by atoms with van der Waals surface area (Å²) in [6.45, 7) is 1.86. The Morgan fingerprint density at radius 2 is 2.16 bits per heavy atom. The smallest absolute Gasteiger partial charge is 0.258 e. The minimum Gasteiger partial charge on any atom is -0.481 e. The van der Waals surface area contributed by atoms with Gasteiger partial charge in [0.1, 0.15) is 10.8 Å². The minimum absolute atomic E-state index is 0.162. The molecule has 1 amide bonds. The molecule has 0 aliphatic rings. The number of aromatic nitrogens is 1. The molecule has 0 aliphatic heterocycles. The third-order valence-corrected chi connectivity index (χ3v) is 5.52. The number of halogens is 2. The Labute approximate surface area is 151 Å². The van der Waals surface area contributed by atoms with E-state index in [1.54, 1.807) is 11.3 Å². The molecule has 1 N–H and O–H groups in total. The van der Waals surface area contributed by atoms with Crippen LogP contribution < -0.4 is 10.1 Å². The fraction of sp³-hybridized carbons (Fsp3) is 0.176. The lowest BCUT2D eigenvalue weighted by Crippen LogP contribution is -2.28. The molecule has 0 radical (unpaired) electrons. The van der Waals surface area contributed by atoms with Crippen molar-refractivity contribution in [3.05, 3.63) is 57.9 Å². The largest absolute Gasteiger partial charge is 0.481 e. The lowest BCUT2D eigenvalue weighted by Gasteiger charge is -2.07. The molecule has 0 spiro atoms. The van der Waals surface area contributed by atoms with E-state index in [0.717, 1.165) is 32.6 Å². The Bertz CT molecular complexity index is 879. The molecule has 0 unspecified atom stereocenters. The molecule has 2 aromatic heterocycles. The monoisotopic (exact) mass is 380 g/mol. The summed E-state index contributed by atoms with van der Waals surface area (Å²) in [5.74, 6) is -2.09. The van der Waals surface area contributed by atoms with Crippen molar-refractivity contribution in [3.8, 4) is 15.6 Å². The predicted molar refractivity (Wildman–Crippen MR) is 93.9 cm³/mol. The molecule has 1 aromatic carbocycles. The maximum absolute atomic E-state index is 13.4. The minimum atomic E-state index is -0.841. The van der Waals surface area contributed by atoms with Crippen LogP contribution in [-0.4, -0.2) is 17.5 Å². The van der Waals surface area contributed by atoms with E-state index in [-0.39, 0.29) is 12.4 Å². The summed E-state index contributed by atoms with van der Waals surface area (Å²) in [5.41, 5.74) is 0.860. The first-order chi connectivity index (χ1) is 12.0. The summed E-state index contributed by atoms with van der Waals surface area (Å²) in [7, 11) is 0. The lowest BCUT2D eigenvalue weighted by molar-refractivity contribution is -0.123. The van der Waals surface area contributed by atoms with Gasteiger partial charge in [-0.25, -0.2) is 13.8 Å². The molecule has 0 saturated heterocycles. The number of ether oxygens (including phenoxy) is 1. The number of rotatable bonds is 6. The predicted octanol–water partition coefficient (Wildman–Crippen LogP) is 4.15. The number of amides is 1. The van der Waals surface area contributed by atoms with Crippen LogP contribution in [0.4, 0.5) is 8.78 Å². The summed E-state index contributed by atoms with van der Waals surface area (Å²) in [6.07, 6.45) is 0. The molecule has 0 fully saturated rings. The molecule has 0 aliphatic carbocycles. The normalized spacial score (nSPS) is 10.7. The number of aryl methyl sites for hydroxylation is 1. The summed E-state index contributed by atoms with van der Waals surface area (Å²) in [6, 6.07) is 6.89. The Morgan fingerprint density at radius 3 is 2.88 bits per heavy atom. The van der Waals surface area contributed by atoms with Gasteiger partial charge in [-0.15, -0.1) is 22.7 Å². The molecule has 130 valence electrons. The molecule has 25 heavy (non-hydrogen) atoms. The molecule has 4 nitrogen and oxygen atoms in total. The van der Waals surface area contributed by atoms with E-state index in [1.807, 2.05) is 24.4 Å². The highest BCUT2D eigenvalue weighted by Gasteiger charge is 2.12. The van der Waals surface area contributed by atoms with Crippen molar-refractivity contribution in [3.63, 3.8) is 0 Å². The van der Waals surface area contributed by atoms with Crippen molar-refractivity contribution in [1.82, 2.24) is 10.3 Å². The highest BCUT2D eigenvalue weighted by molar-refractivity contribution is 7.21. The molecule has 0 saturated carbocycles. The number of nitrogens with zero attached hydrogens (tertiary/aromatic N) is 1. The van der Waals surface area contributed by atoms with Crippen LogP contribution in [0.25, 0.3) is 9.88 Å². The second kappa shape index (κ2) is 7.71. The van der Waals surface area contributed by atoms with Crippen LogP contribution in [0, 0.1) is 18.6 Å². The Morgan fingerprint density at radius 1 is 1.32 bits per heavy atom. The van der Waals surface area contributed by atoms with Gasteiger partial charge in [-0.1, -0.05) is 6.07 Å². The summed E-state index contributed by atoms with van der Waals surface area (Å²) in [4.78, 5) is 18.4. The van der Waals surface area contributed by atoms with Crippen LogP contribution >= 0.6 is 22.7 Å². The second-order valence-electron chi connectivity index (χ2n) is 5.15. The van der Waals surface area contributed by atoms with E-state index in [1.165, 1.54) is 11.3 Å². The quantitative estimate of drug-likeness (QED) is 0.699. The number of hydrogen-bond acceptors (Lipinski definition) is 5. The number of carbonyl (C=O) groups is 1. The first-order valence-electron chi connectivity index (χ1n) is 7.37. The van der Waals surface area contributed by atoms with Gasteiger partial charge in [-0.2, -0.15) is 0 Å². The SMILES string of the molecule is Cc1nc(-c2cccs2)sc1CNC(=O)COc1ccc(F)cc1F. The molecule has 0 atom stereocenters. The van der Waals surface area contributed by atoms with Crippen LogP contribution in [0.2, 0.25) is 0 Å². The lowest BCUT2D eigenvalue weighted by atomic mass is 10.3. The van der Waals surface area contributed by atoms with Gasteiger partial charge in [0.15, 0.2) is 18.2 Å². The zero-order valence-electron chi connectivity index (χ0n) is 13.2. The van der Waals surface area contributed by atoms with E-state index >= 15 is 0 Å². The summed E-state index contributed by atoms with van der Waals surface area (Å²) >= 11 is 3.13. The number of carbonyl (C=O) groups excluding carboxylic acids is 1. The van der Waals surface area contributed by atoms with Gasteiger partial charge >= 0.3 is 0 Å². The van der Waals surface area contributed by atoms with Gasteiger partial charge in [0.05, 0.1) is 17.1 Å². The molecule has 3 rings (SSSR count). The Balaban J connectivity index is 1.54. The molecule has 8 heteroatoms. The van der Waals surface area contributed by atoms with E-state index in [4.69, 9.17) is 4.74 Å². The second-order valence-corrected chi connectivity index (χ2v) is 7.18. The topological polar surface area (TPSA) is 51.2 Å². The average Bonchev–Trinajstić information content (AvgIpc) is 3.21. The fourth-order valence-corrected chi connectivity index (χ4v) is 3.86. The Hall–Kier alpha value is -2.32. The first-order valence-corrected chi connectivity index (χ1v) is 9.07. The van der Waals surface area contributed by atoms with E-state index in [0.29, 0.717) is 12.6 Å². The van der Waals surface area contributed by atoms with E-state index in [2.05, 4.69) is 10.3 Å². The standard InChI is InChI=1S/C17H14F2N2O2S2/c1-10-15(25-17(21-10)14-3-2-6-24-14)8-20-16(22)9-23-13-5-4-11(18)7-12(13)19/h2-7H,8-9H2,1H3,(H,20,22). The van der Waals surface area contributed by atoms with E-state index < -0.39 is 17.5 Å². The third-order valence-electron chi connectivity index (χ3n) is 3.32. The van der Waals surface area contributed by atoms with Crippen LogP contribution in [0.1, 0.15) is 10.6 Å². The van der Waals surface area contributed by atoms with Gasteiger partial charge in [-0.05, 0) is 30.5 Å². The highest BCUT2D eigenvalue weighted by atomic mass is 32.1. The number of thiophene rings is 1. The van der Waals surface area contributed by atoms with Crippen molar-refractivity contribution >= 4 is 28.6 Å². The van der Waals surface area contributed by atoms with Crippen molar-refractivity contribution in [2.45, 2.75) is 13.5 Å². The van der Waals surface area contributed by atoms with Crippen LogP contribution in [0.15, 0.2) is 35.7 Å². The molecular weight excluding hydrogens is 366 g/mol. The van der Waals surface area contributed by atoms with E-state index in [9.17, 15) is 13.6 Å². The zero-order valence-corrected chi connectivity index (χ0v) is 14.8. The molecule has 2 heterocycles. The van der Waals surface area contributed by atoms with Crippen molar-refractivity contribution in [1.29, 1.82) is 0 Å². The van der Waals surface area contributed by atoms with Gasteiger partial charge in [0.2, 0.25) is 0 Å². The van der Waals surface area contributed by atoms with Crippen LogP contribution in [0.3, 0.4) is 0 Å². The molecular formula is C17H14F2N2O2S2. The number of hydrogen-bond donors (Lipinski definition) is 1. The number of nitrogens with one attached hydrogen (secondary N) is 1. The van der Waals surface area contributed by atoms with Crippen molar-refractivity contribution < 1.29 is 18.3 Å². The Kier molecular flexibility index (Phi) is 5.40. The van der Waals surface area contributed by atoms with Gasteiger partial charge < -0.3 is 10.1 Å². The van der Waals surface area contributed by atoms with Crippen LogP contribution in [0.5, 0.6) is 5.75 Å². The summed E-state index contributed by atoms with van der Waals surface area (Å²) in [5, 5.41) is 5.62. The maximum Gasteiger partial charge on any atom is 0.258 e.